The van der Waals surface area contributed by atoms with Gasteiger partial charge < -0.3 is 15.5 Å². The van der Waals surface area contributed by atoms with Crippen LogP contribution in [0.4, 0.5) is 0 Å². The third-order valence-electron chi connectivity index (χ3n) is 5.69. The van der Waals surface area contributed by atoms with E-state index in [1.54, 1.807) is 0 Å². The van der Waals surface area contributed by atoms with Gasteiger partial charge in [0.25, 0.3) is 0 Å². The van der Waals surface area contributed by atoms with Crippen LogP contribution in [-0.4, -0.2) is 48.9 Å². The minimum atomic E-state index is 0.00696. The van der Waals surface area contributed by atoms with Gasteiger partial charge in [-0.05, 0) is 50.6 Å². The maximum atomic E-state index is 12.8. The Balaban J connectivity index is 1.54. The molecule has 2 unspecified atom stereocenters. The Bertz CT molecular complexity index is 443. The fourth-order valence-corrected chi connectivity index (χ4v) is 4.06. The second kappa shape index (κ2) is 6.19. The second-order valence-electron chi connectivity index (χ2n) is 7.66. The highest BCUT2D eigenvalue weighted by molar-refractivity contribution is 5.83. The summed E-state index contributed by atoms with van der Waals surface area (Å²) in [5.74, 6) is 0.688. The molecule has 3 aliphatic rings. The van der Waals surface area contributed by atoms with Crippen molar-refractivity contribution in [3.8, 4) is 0 Å². The van der Waals surface area contributed by atoms with E-state index in [0.717, 1.165) is 51.7 Å². The summed E-state index contributed by atoms with van der Waals surface area (Å²) in [6.45, 7) is 7.48. The number of piperidine rings is 2. The number of likely N-dealkylation sites (tertiary alicyclic amines) is 1. The molecule has 0 radical (unpaired) electrons. The van der Waals surface area contributed by atoms with E-state index in [1.807, 2.05) is 18.7 Å². The summed E-state index contributed by atoms with van der Waals surface area (Å²) >= 11 is 0. The van der Waals surface area contributed by atoms with E-state index in [1.165, 1.54) is 0 Å². The van der Waals surface area contributed by atoms with E-state index < -0.39 is 0 Å². The van der Waals surface area contributed by atoms with Crippen molar-refractivity contribution in [3.05, 3.63) is 0 Å². The lowest BCUT2D eigenvalue weighted by Gasteiger charge is -2.34. The molecule has 0 aromatic carbocycles. The molecular weight excluding hydrogens is 278 g/mol. The van der Waals surface area contributed by atoms with Crippen LogP contribution in [0.25, 0.3) is 0 Å². The first-order valence-corrected chi connectivity index (χ1v) is 8.82. The molecule has 2 atom stereocenters. The smallest absolute Gasteiger partial charge is 0.226 e. The van der Waals surface area contributed by atoms with E-state index in [-0.39, 0.29) is 23.8 Å². The van der Waals surface area contributed by atoms with Crippen LogP contribution in [0.2, 0.25) is 0 Å². The standard InChI is InChI=1S/C17H29N3O2/c1-12(2)15(21)19-13-4-3-9-20(11-13)16(22)14-10-17(14)5-7-18-8-6-17/h12-14,18H,3-11H2,1-2H3,(H,19,21). The molecule has 2 aliphatic heterocycles. The van der Waals surface area contributed by atoms with Crippen molar-refractivity contribution in [3.63, 3.8) is 0 Å². The minimum absolute atomic E-state index is 0.00696. The number of hydrogen-bond donors (Lipinski definition) is 2. The number of carbonyl (C=O) groups excluding carboxylic acids is 2. The van der Waals surface area contributed by atoms with E-state index in [9.17, 15) is 9.59 Å². The van der Waals surface area contributed by atoms with E-state index >= 15 is 0 Å². The molecule has 0 bridgehead atoms. The minimum Gasteiger partial charge on any atom is -0.351 e. The van der Waals surface area contributed by atoms with Gasteiger partial charge in [-0.3, -0.25) is 9.59 Å². The van der Waals surface area contributed by atoms with Crippen LogP contribution in [0.3, 0.4) is 0 Å². The first kappa shape index (κ1) is 15.8. The maximum absolute atomic E-state index is 12.8. The van der Waals surface area contributed by atoms with Crippen molar-refractivity contribution in [2.75, 3.05) is 26.2 Å². The molecule has 5 heteroatoms. The first-order valence-electron chi connectivity index (χ1n) is 8.82. The Morgan fingerprint density at radius 2 is 2.00 bits per heavy atom. The van der Waals surface area contributed by atoms with E-state index in [0.29, 0.717) is 17.9 Å². The summed E-state index contributed by atoms with van der Waals surface area (Å²) in [5.41, 5.74) is 0.302. The zero-order chi connectivity index (χ0) is 15.7. The van der Waals surface area contributed by atoms with Crippen molar-refractivity contribution in [1.82, 2.24) is 15.5 Å². The molecular formula is C17H29N3O2. The summed E-state index contributed by atoms with van der Waals surface area (Å²) in [5, 5.41) is 6.48. The van der Waals surface area contributed by atoms with Crippen molar-refractivity contribution >= 4 is 11.8 Å². The lowest BCUT2D eigenvalue weighted by Crippen LogP contribution is -2.51. The van der Waals surface area contributed by atoms with Gasteiger partial charge in [0.1, 0.15) is 0 Å². The Morgan fingerprint density at radius 3 is 2.68 bits per heavy atom. The van der Waals surface area contributed by atoms with Crippen molar-refractivity contribution in [1.29, 1.82) is 0 Å². The Morgan fingerprint density at radius 1 is 1.27 bits per heavy atom. The molecule has 22 heavy (non-hydrogen) atoms. The van der Waals surface area contributed by atoms with Crippen LogP contribution in [0, 0.1) is 17.3 Å². The van der Waals surface area contributed by atoms with Gasteiger partial charge in [0.05, 0.1) is 0 Å². The Hall–Kier alpha value is -1.10. The highest BCUT2D eigenvalue weighted by atomic mass is 16.2. The lowest BCUT2D eigenvalue weighted by atomic mass is 9.91. The topological polar surface area (TPSA) is 61.4 Å². The molecule has 2 amide bonds. The quantitative estimate of drug-likeness (QED) is 0.822. The van der Waals surface area contributed by atoms with Gasteiger partial charge in [-0.1, -0.05) is 13.8 Å². The Kier molecular flexibility index (Phi) is 4.44. The molecule has 1 aliphatic carbocycles. The van der Waals surface area contributed by atoms with Crippen LogP contribution >= 0.6 is 0 Å². The van der Waals surface area contributed by atoms with Crippen molar-refractivity contribution in [2.45, 2.75) is 52.0 Å². The highest BCUT2D eigenvalue weighted by Gasteiger charge is 2.58. The fraction of sp³-hybridized carbons (Fsp3) is 0.882. The lowest BCUT2D eigenvalue weighted by molar-refractivity contribution is -0.136. The third-order valence-corrected chi connectivity index (χ3v) is 5.69. The van der Waals surface area contributed by atoms with E-state index in [4.69, 9.17) is 0 Å². The van der Waals surface area contributed by atoms with Crippen LogP contribution in [0.1, 0.15) is 46.0 Å². The molecule has 2 heterocycles. The second-order valence-corrected chi connectivity index (χ2v) is 7.66. The van der Waals surface area contributed by atoms with Crippen LogP contribution in [0.5, 0.6) is 0 Å². The first-order chi connectivity index (χ1) is 10.5. The molecule has 0 aromatic rings. The number of carbonyl (C=O) groups is 2. The van der Waals surface area contributed by atoms with Gasteiger partial charge in [0, 0.05) is 31.0 Å². The monoisotopic (exact) mass is 307 g/mol. The molecule has 5 nitrogen and oxygen atoms in total. The zero-order valence-electron chi connectivity index (χ0n) is 13.9. The zero-order valence-corrected chi connectivity index (χ0v) is 13.9. The number of nitrogens with zero attached hydrogens (tertiary/aromatic N) is 1. The normalized spacial score (nSPS) is 30.4. The predicted molar refractivity (Wildman–Crippen MR) is 85.2 cm³/mol. The average Bonchev–Trinajstić information content (AvgIpc) is 3.20. The Labute approximate surface area is 133 Å². The molecule has 124 valence electrons. The van der Waals surface area contributed by atoms with Crippen molar-refractivity contribution < 1.29 is 9.59 Å². The molecule has 1 saturated carbocycles. The molecule has 3 fully saturated rings. The number of nitrogens with one attached hydrogen (secondary N) is 2. The summed E-state index contributed by atoms with van der Waals surface area (Å²) in [6, 6.07) is 0.135. The van der Waals surface area contributed by atoms with Crippen molar-refractivity contribution in [2.24, 2.45) is 17.3 Å². The third kappa shape index (κ3) is 3.14. The summed E-state index contributed by atoms with van der Waals surface area (Å²) in [7, 11) is 0. The van der Waals surface area contributed by atoms with Gasteiger partial charge in [-0.2, -0.15) is 0 Å². The summed E-state index contributed by atoms with van der Waals surface area (Å²) in [4.78, 5) is 26.7. The SMILES string of the molecule is CC(C)C(=O)NC1CCCN(C(=O)C2CC23CCNCC3)C1. The molecule has 0 aromatic heterocycles. The maximum Gasteiger partial charge on any atom is 0.226 e. The predicted octanol–water partition coefficient (Wildman–Crippen LogP) is 1.14. The molecule has 2 saturated heterocycles. The fourth-order valence-electron chi connectivity index (χ4n) is 4.06. The van der Waals surface area contributed by atoms with Crippen LogP contribution < -0.4 is 10.6 Å². The van der Waals surface area contributed by atoms with Crippen LogP contribution in [0.15, 0.2) is 0 Å². The molecule has 1 spiro atoms. The van der Waals surface area contributed by atoms with Gasteiger partial charge in [-0.15, -0.1) is 0 Å². The van der Waals surface area contributed by atoms with Gasteiger partial charge in [-0.25, -0.2) is 0 Å². The largest absolute Gasteiger partial charge is 0.351 e. The average molecular weight is 307 g/mol. The summed E-state index contributed by atoms with van der Waals surface area (Å²) < 4.78 is 0. The van der Waals surface area contributed by atoms with Gasteiger partial charge >= 0.3 is 0 Å². The van der Waals surface area contributed by atoms with Gasteiger partial charge in [0.15, 0.2) is 0 Å². The number of hydrogen-bond acceptors (Lipinski definition) is 3. The summed E-state index contributed by atoms with van der Waals surface area (Å²) in [6.07, 6.45) is 5.35. The number of amides is 2. The number of rotatable bonds is 3. The van der Waals surface area contributed by atoms with Gasteiger partial charge in [0.2, 0.25) is 11.8 Å². The molecule has 2 N–H and O–H groups in total. The highest BCUT2D eigenvalue weighted by Crippen LogP contribution is 2.59. The van der Waals surface area contributed by atoms with E-state index in [2.05, 4.69) is 10.6 Å². The molecule has 3 rings (SSSR count). The van der Waals surface area contributed by atoms with Crippen LogP contribution in [-0.2, 0) is 9.59 Å².